The molecule has 5 nitrogen and oxygen atoms in total. The number of carbonyl (C=O) groups excluding carboxylic acids is 1. The first-order chi connectivity index (χ1) is 14.0. The first-order valence-electron chi connectivity index (χ1n) is 9.52. The molecule has 0 unspecified atom stereocenters. The fraction of sp³-hybridized carbons (Fsp3) is 0.208. The fourth-order valence-corrected chi connectivity index (χ4v) is 3.04. The van der Waals surface area contributed by atoms with Gasteiger partial charge in [-0.25, -0.2) is 4.79 Å². The van der Waals surface area contributed by atoms with Crippen LogP contribution in [-0.4, -0.2) is 27.2 Å². The van der Waals surface area contributed by atoms with Crippen molar-refractivity contribution >= 4 is 23.1 Å². The molecule has 0 saturated heterocycles. The molecule has 3 aromatic carbocycles. The lowest BCUT2D eigenvalue weighted by molar-refractivity contribution is 0.256. The third-order valence-corrected chi connectivity index (χ3v) is 4.69. The Morgan fingerprint density at radius 2 is 1.59 bits per heavy atom. The van der Waals surface area contributed by atoms with Gasteiger partial charge in [0.05, 0.1) is 13.7 Å². The molecule has 0 spiro atoms. The Bertz CT molecular complexity index is 951. The maximum atomic E-state index is 13.1. The number of hydrogen-bond donors (Lipinski definition) is 1. The van der Waals surface area contributed by atoms with Crippen molar-refractivity contribution in [1.29, 1.82) is 0 Å². The first kappa shape index (κ1) is 20.3. The summed E-state index contributed by atoms with van der Waals surface area (Å²) in [5.41, 5.74) is 4.84. The zero-order valence-electron chi connectivity index (χ0n) is 17.3. The Kier molecular flexibility index (Phi) is 6.39. The molecule has 0 aromatic heterocycles. The van der Waals surface area contributed by atoms with Gasteiger partial charge >= 0.3 is 6.03 Å². The van der Waals surface area contributed by atoms with Crippen molar-refractivity contribution in [3.05, 3.63) is 83.9 Å². The number of aryl methyl sites for hydroxylation is 1. The SMILES string of the molecule is COc1ccc(N(Cc2ccc(N(C)C)cc2)C(=O)Nc2cccc(C)c2)cc1. The minimum atomic E-state index is -0.183. The number of urea groups is 1. The van der Waals surface area contributed by atoms with Gasteiger partial charge < -0.3 is 15.0 Å². The van der Waals surface area contributed by atoms with Gasteiger partial charge in [0.2, 0.25) is 0 Å². The number of carbonyl (C=O) groups is 1. The van der Waals surface area contributed by atoms with Gasteiger partial charge in [-0.05, 0) is 66.6 Å². The standard InChI is InChI=1S/C24H27N3O2/c1-18-6-5-7-20(16-18)25-24(28)27(22-12-14-23(29-4)15-13-22)17-19-8-10-21(11-9-19)26(2)3/h5-16H,17H2,1-4H3,(H,25,28). The lowest BCUT2D eigenvalue weighted by atomic mass is 10.1. The molecule has 0 atom stereocenters. The molecule has 3 aromatic rings. The second kappa shape index (κ2) is 9.15. The number of benzene rings is 3. The molecule has 150 valence electrons. The van der Waals surface area contributed by atoms with Crippen molar-refractivity contribution in [2.45, 2.75) is 13.5 Å². The van der Waals surface area contributed by atoms with Crippen molar-refractivity contribution in [1.82, 2.24) is 0 Å². The smallest absolute Gasteiger partial charge is 0.326 e. The molecule has 0 aliphatic carbocycles. The van der Waals surface area contributed by atoms with Gasteiger partial charge in [-0.3, -0.25) is 4.90 Å². The number of hydrogen-bond acceptors (Lipinski definition) is 3. The zero-order valence-corrected chi connectivity index (χ0v) is 17.3. The third-order valence-electron chi connectivity index (χ3n) is 4.69. The summed E-state index contributed by atoms with van der Waals surface area (Å²) in [5, 5.41) is 3.01. The van der Waals surface area contributed by atoms with E-state index in [2.05, 4.69) is 22.3 Å². The number of anilines is 3. The molecule has 2 amide bonds. The van der Waals surface area contributed by atoms with Gasteiger partial charge in [-0.1, -0.05) is 24.3 Å². The van der Waals surface area contributed by atoms with Crippen LogP contribution < -0.4 is 19.9 Å². The van der Waals surface area contributed by atoms with E-state index in [0.29, 0.717) is 6.54 Å². The van der Waals surface area contributed by atoms with Crippen LogP contribution in [0.4, 0.5) is 21.9 Å². The molecular formula is C24H27N3O2. The number of nitrogens with zero attached hydrogens (tertiary/aromatic N) is 2. The molecule has 1 N–H and O–H groups in total. The summed E-state index contributed by atoms with van der Waals surface area (Å²) in [5.74, 6) is 0.753. The van der Waals surface area contributed by atoms with E-state index in [1.165, 1.54) is 0 Å². The number of methoxy groups -OCH3 is 1. The van der Waals surface area contributed by atoms with Crippen LogP contribution in [0, 0.1) is 6.92 Å². The Balaban J connectivity index is 1.86. The van der Waals surface area contributed by atoms with Gasteiger partial charge in [-0.2, -0.15) is 0 Å². The molecule has 29 heavy (non-hydrogen) atoms. The van der Waals surface area contributed by atoms with E-state index in [9.17, 15) is 4.79 Å². The summed E-state index contributed by atoms with van der Waals surface area (Å²) in [6.07, 6.45) is 0. The van der Waals surface area contributed by atoms with E-state index in [1.807, 2.05) is 81.7 Å². The fourth-order valence-electron chi connectivity index (χ4n) is 3.04. The van der Waals surface area contributed by atoms with Crippen molar-refractivity contribution < 1.29 is 9.53 Å². The quantitative estimate of drug-likeness (QED) is 0.621. The summed E-state index contributed by atoms with van der Waals surface area (Å²) in [6, 6.07) is 23.3. The predicted octanol–water partition coefficient (Wildman–Crippen LogP) is 5.31. The normalized spacial score (nSPS) is 10.3. The predicted molar refractivity (Wildman–Crippen MR) is 120 cm³/mol. The van der Waals surface area contributed by atoms with E-state index in [4.69, 9.17) is 4.74 Å². The highest BCUT2D eigenvalue weighted by Gasteiger charge is 2.17. The molecular weight excluding hydrogens is 362 g/mol. The molecule has 0 saturated carbocycles. The largest absolute Gasteiger partial charge is 0.497 e. The number of rotatable bonds is 6. The maximum absolute atomic E-state index is 13.1. The number of ether oxygens (including phenoxy) is 1. The van der Waals surface area contributed by atoms with Crippen LogP contribution in [0.1, 0.15) is 11.1 Å². The maximum Gasteiger partial charge on any atom is 0.326 e. The molecule has 5 heteroatoms. The highest BCUT2D eigenvalue weighted by molar-refractivity contribution is 6.01. The Hall–Kier alpha value is -3.47. The van der Waals surface area contributed by atoms with Crippen LogP contribution in [0.2, 0.25) is 0 Å². The summed E-state index contributed by atoms with van der Waals surface area (Å²) < 4.78 is 5.25. The first-order valence-corrected chi connectivity index (χ1v) is 9.52. The molecule has 3 rings (SSSR count). The van der Waals surface area contributed by atoms with Crippen LogP contribution in [0.15, 0.2) is 72.8 Å². The minimum Gasteiger partial charge on any atom is -0.497 e. The van der Waals surface area contributed by atoms with Crippen LogP contribution in [0.3, 0.4) is 0 Å². The van der Waals surface area contributed by atoms with Crippen LogP contribution in [0.25, 0.3) is 0 Å². The molecule has 0 heterocycles. The average Bonchev–Trinajstić information content (AvgIpc) is 2.72. The van der Waals surface area contributed by atoms with Crippen molar-refractivity contribution in [2.75, 3.05) is 36.3 Å². The van der Waals surface area contributed by atoms with Crippen LogP contribution in [0.5, 0.6) is 5.75 Å². The Morgan fingerprint density at radius 1 is 0.931 bits per heavy atom. The van der Waals surface area contributed by atoms with E-state index in [1.54, 1.807) is 12.0 Å². The van der Waals surface area contributed by atoms with Crippen molar-refractivity contribution in [2.24, 2.45) is 0 Å². The number of nitrogens with one attached hydrogen (secondary N) is 1. The molecule has 0 fully saturated rings. The van der Waals surface area contributed by atoms with E-state index < -0.39 is 0 Å². The average molecular weight is 389 g/mol. The molecule has 0 aliphatic rings. The van der Waals surface area contributed by atoms with Gasteiger partial charge in [0.25, 0.3) is 0 Å². The van der Waals surface area contributed by atoms with Crippen molar-refractivity contribution in [3.63, 3.8) is 0 Å². The second-order valence-electron chi connectivity index (χ2n) is 7.14. The van der Waals surface area contributed by atoms with Crippen LogP contribution >= 0.6 is 0 Å². The number of amides is 2. The second-order valence-corrected chi connectivity index (χ2v) is 7.14. The van der Waals surface area contributed by atoms with Crippen LogP contribution in [-0.2, 0) is 6.54 Å². The Labute approximate surface area is 172 Å². The highest BCUT2D eigenvalue weighted by atomic mass is 16.5. The highest BCUT2D eigenvalue weighted by Crippen LogP contribution is 2.23. The Morgan fingerprint density at radius 3 is 2.17 bits per heavy atom. The summed E-state index contributed by atoms with van der Waals surface area (Å²) >= 11 is 0. The van der Waals surface area contributed by atoms with E-state index in [-0.39, 0.29) is 6.03 Å². The zero-order chi connectivity index (χ0) is 20.8. The van der Waals surface area contributed by atoms with E-state index >= 15 is 0 Å². The van der Waals surface area contributed by atoms with E-state index in [0.717, 1.165) is 33.9 Å². The van der Waals surface area contributed by atoms with Gasteiger partial charge in [0, 0.05) is 31.2 Å². The lowest BCUT2D eigenvalue weighted by Gasteiger charge is -2.24. The molecule has 0 radical (unpaired) electrons. The monoisotopic (exact) mass is 389 g/mol. The molecule has 0 bridgehead atoms. The summed E-state index contributed by atoms with van der Waals surface area (Å²) in [6.45, 7) is 2.46. The molecule has 0 aliphatic heterocycles. The van der Waals surface area contributed by atoms with Crippen molar-refractivity contribution in [3.8, 4) is 5.75 Å². The minimum absolute atomic E-state index is 0.183. The van der Waals surface area contributed by atoms with Gasteiger partial charge in [0.1, 0.15) is 5.75 Å². The van der Waals surface area contributed by atoms with Gasteiger partial charge in [-0.15, -0.1) is 0 Å². The summed E-state index contributed by atoms with van der Waals surface area (Å²) in [7, 11) is 5.64. The van der Waals surface area contributed by atoms with Gasteiger partial charge in [0.15, 0.2) is 0 Å². The topological polar surface area (TPSA) is 44.8 Å². The summed E-state index contributed by atoms with van der Waals surface area (Å²) in [4.78, 5) is 16.9. The third kappa shape index (κ3) is 5.29. The lowest BCUT2D eigenvalue weighted by Crippen LogP contribution is -2.34.